The molecule has 2 aromatic rings. The van der Waals surface area contributed by atoms with Gasteiger partial charge >= 0.3 is 0 Å². The van der Waals surface area contributed by atoms with Gasteiger partial charge in [0.2, 0.25) is 6.19 Å². The van der Waals surface area contributed by atoms with Crippen molar-refractivity contribution in [3.05, 3.63) is 70.6 Å². The molecule has 1 fully saturated rings. The molecule has 0 spiro atoms. The monoisotopic (exact) mass is 335 g/mol. The highest BCUT2D eigenvalue weighted by Crippen LogP contribution is 2.26. The van der Waals surface area contributed by atoms with Crippen LogP contribution in [0.5, 0.6) is 5.75 Å². The smallest absolute Gasteiger partial charge is 0.264 e. The van der Waals surface area contributed by atoms with E-state index in [0.29, 0.717) is 16.7 Å². The number of hydrogen-bond acceptors (Lipinski definition) is 5. The number of rotatable bonds is 4. The van der Waals surface area contributed by atoms with Crippen LogP contribution in [0.15, 0.2) is 64.5 Å². The van der Waals surface area contributed by atoms with Gasteiger partial charge in [-0.1, -0.05) is 42.5 Å². The van der Waals surface area contributed by atoms with Crippen LogP contribution in [0.4, 0.5) is 0 Å². The molecular weight excluding hydrogens is 322 g/mol. The predicted molar refractivity (Wildman–Crippen MR) is 94.0 cm³/mol. The number of thioether (sulfide) groups is 1. The van der Waals surface area contributed by atoms with Crippen LogP contribution in [0.2, 0.25) is 0 Å². The molecule has 1 aliphatic heterocycles. The molecule has 0 radical (unpaired) electrons. The zero-order valence-corrected chi connectivity index (χ0v) is 13.4. The van der Waals surface area contributed by atoms with Crippen LogP contribution >= 0.6 is 11.8 Å². The van der Waals surface area contributed by atoms with Gasteiger partial charge < -0.3 is 4.74 Å². The van der Waals surface area contributed by atoms with Crippen molar-refractivity contribution in [2.75, 3.05) is 0 Å². The van der Waals surface area contributed by atoms with Gasteiger partial charge in [0, 0.05) is 0 Å². The van der Waals surface area contributed by atoms with Crippen LogP contribution < -0.4 is 10.1 Å². The van der Waals surface area contributed by atoms with E-state index in [1.807, 2.05) is 54.6 Å². The van der Waals surface area contributed by atoms with Gasteiger partial charge in [-0.15, -0.1) is 4.99 Å². The Morgan fingerprint density at radius 1 is 1.17 bits per heavy atom. The second-order valence-corrected chi connectivity index (χ2v) is 5.96. The molecule has 0 atom stereocenters. The van der Waals surface area contributed by atoms with Gasteiger partial charge in [0.1, 0.15) is 12.4 Å². The van der Waals surface area contributed by atoms with Gasteiger partial charge in [-0.2, -0.15) is 5.26 Å². The zero-order valence-electron chi connectivity index (χ0n) is 12.6. The molecule has 2 aromatic carbocycles. The third kappa shape index (κ3) is 4.03. The number of amides is 1. The Morgan fingerprint density at radius 3 is 2.62 bits per heavy atom. The predicted octanol–water partition coefficient (Wildman–Crippen LogP) is 3.31. The third-order valence-electron chi connectivity index (χ3n) is 3.23. The summed E-state index contributed by atoms with van der Waals surface area (Å²) in [6.45, 7) is 0.507. The molecule has 24 heavy (non-hydrogen) atoms. The quantitative estimate of drug-likeness (QED) is 0.687. The lowest BCUT2D eigenvalue weighted by molar-refractivity contribution is -0.115. The molecule has 0 aliphatic carbocycles. The number of aliphatic imine (C=N–C) groups is 1. The van der Waals surface area contributed by atoms with Crippen molar-refractivity contribution < 1.29 is 9.53 Å². The summed E-state index contributed by atoms with van der Waals surface area (Å²) in [6.07, 6.45) is 3.41. The van der Waals surface area contributed by atoms with Gasteiger partial charge in [0.05, 0.1) is 4.91 Å². The second kappa shape index (κ2) is 7.49. The van der Waals surface area contributed by atoms with Crippen molar-refractivity contribution in [1.82, 2.24) is 5.32 Å². The number of benzene rings is 2. The summed E-state index contributed by atoms with van der Waals surface area (Å²) in [6, 6.07) is 17.4. The van der Waals surface area contributed by atoms with Gasteiger partial charge in [0.15, 0.2) is 5.17 Å². The number of carbonyl (C=O) groups excluding carboxylic acids is 1. The maximum atomic E-state index is 11.8. The zero-order chi connectivity index (χ0) is 16.8. The molecule has 0 unspecified atom stereocenters. The molecule has 0 bridgehead atoms. The minimum atomic E-state index is -0.251. The fraction of sp³-hybridized carbons (Fsp3) is 0.0556. The fourth-order valence-electron chi connectivity index (χ4n) is 2.08. The minimum Gasteiger partial charge on any atom is -0.489 e. The second-order valence-electron chi connectivity index (χ2n) is 4.93. The van der Waals surface area contributed by atoms with Crippen LogP contribution in [0.3, 0.4) is 0 Å². The first-order valence-electron chi connectivity index (χ1n) is 7.19. The summed E-state index contributed by atoms with van der Waals surface area (Å²) >= 11 is 1.15. The van der Waals surface area contributed by atoms with Crippen LogP contribution in [0.25, 0.3) is 6.08 Å². The van der Waals surface area contributed by atoms with E-state index in [0.717, 1.165) is 28.6 Å². The average Bonchev–Trinajstić information content (AvgIpc) is 2.95. The molecular formula is C18H13N3O2S. The van der Waals surface area contributed by atoms with Crippen molar-refractivity contribution in [3.8, 4) is 11.9 Å². The Morgan fingerprint density at radius 2 is 1.92 bits per heavy atom. The molecule has 5 nitrogen and oxygen atoms in total. The molecule has 1 saturated heterocycles. The van der Waals surface area contributed by atoms with Crippen LogP contribution in [-0.4, -0.2) is 11.1 Å². The number of amidine groups is 1. The minimum absolute atomic E-state index is 0.251. The van der Waals surface area contributed by atoms with Crippen molar-refractivity contribution in [1.29, 1.82) is 5.26 Å². The molecule has 6 heteroatoms. The van der Waals surface area contributed by atoms with Gasteiger partial charge in [-0.3, -0.25) is 10.1 Å². The summed E-state index contributed by atoms with van der Waals surface area (Å²) in [7, 11) is 0. The van der Waals surface area contributed by atoms with E-state index in [1.54, 1.807) is 12.3 Å². The lowest BCUT2D eigenvalue weighted by atomic mass is 10.2. The molecule has 1 aliphatic rings. The summed E-state index contributed by atoms with van der Waals surface area (Å²) in [4.78, 5) is 15.8. The highest BCUT2D eigenvalue weighted by atomic mass is 32.2. The van der Waals surface area contributed by atoms with E-state index in [4.69, 9.17) is 10.00 Å². The summed E-state index contributed by atoms with van der Waals surface area (Å²) < 4.78 is 5.73. The maximum absolute atomic E-state index is 11.8. The number of nitriles is 1. The average molecular weight is 335 g/mol. The lowest BCUT2D eigenvalue weighted by Gasteiger charge is -2.06. The maximum Gasteiger partial charge on any atom is 0.264 e. The molecule has 0 saturated carbocycles. The fourth-order valence-corrected chi connectivity index (χ4v) is 2.86. The number of nitrogens with zero attached hydrogens (tertiary/aromatic N) is 2. The highest BCUT2D eigenvalue weighted by molar-refractivity contribution is 8.18. The Balaban J connectivity index is 1.65. The Labute approximate surface area is 143 Å². The molecule has 3 rings (SSSR count). The topological polar surface area (TPSA) is 74.5 Å². The standard InChI is InChI=1S/C18H13N3O2S/c19-12-20-18-21-17(22)16(24-18)10-13-6-8-15(9-7-13)23-11-14-4-2-1-3-5-14/h1-10H,11H2,(H,20,21,22)/b16-10-. The Hall–Kier alpha value is -3.04. The largest absolute Gasteiger partial charge is 0.489 e. The number of ether oxygens (including phenoxy) is 1. The third-order valence-corrected chi connectivity index (χ3v) is 4.14. The molecule has 1 heterocycles. The van der Waals surface area contributed by atoms with Crippen LogP contribution in [0.1, 0.15) is 11.1 Å². The van der Waals surface area contributed by atoms with E-state index >= 15 is 0 Å². The summed E-state index contributed by atoms with van der Waals surface area (Å²) in [5, 5.41) is 11.4. The van der Waals surface area contributed by atoms with Gasteiger partial charge in [-0.25, -0.2) is 0 Å². The first-order chi connectivity index (χ1) is 11.7. The summed E-state index contributed by atoms with van der Waals surface area (Å²) in [5.74, 6) is 0.509. The van der Waals surface area contributed by atoms with Crippen molar-refractivity contribution in [2.45, 2.75) is 6.61 Å². The molecule has 1 N–H and O–H groups in total. The van der Waals surface area contributed by atoms with E-state index in [1.165, 1.54) is 0 Å². The van der Waals surface area contributed by atoms with Crippen molar-refractivity contribution in [3.63, 3.8) is 0 Å². The highest BCUT2D eigenvalue weighted by Gasteiger charge is 2.23. The number of carbonyl (C=O) groups is 1. The van der Waals surface area contributed by atoms with Crippen LogP contribution in [-0.2, 0) is 11.4 Å². The van der Waals surface area contributed by atoms with E-state index in [9.17, 15) is 4.79 Å². The van der Waals surface area contributed by atoms with E-state index in [2.05, 4.69) is 10.3 Å². The normalized spacial score (nSPS) is 16.9. The van der Waals surface area contributed by atoms with Gasteiger partial charge in [-0.05, 0) is 41.1 Å². The van der Waals surface area contributed by atoms with Crippen molar-refractivity contribution in [2.24, 2.45) is 4.99 Å². The molecule has 118 valence electrons. The Bertz CT molecular complexity index is 837. The van der Waals surface area contributed by atoms with Crippen molar-refractivity contribution >= 4 is 28.9 Å². The van der Waals surface area contributed by atoms with E-state index in [-0.39, 0.29) is 5.91 Å². The lowest BCUT2D eigenvalue weighted by Crippen LogP contribution is -2.19. The number of nitrogens with one attached hydrogen (secondary N) is 1. The molecule has 1 amide bonds. The van der Waals surface area contributed by atoms with E-state index < -0.39 is 0 Å². The summed E-state index contributed by atoms with van der Waals surface area (Å²) in [5.41, 5.74) is 1.98. The Kier molecular flexibility index (Phi) is 4.94. The van der Waals surface area contributed by atoms with Gasteiger partial charge in [0.25, 0.3) is 5.91 Å². The molecule has 0 aromatic heterocycles. The number of hydrogen-bond donors (Lipinski definition) is 1. The SMILES string of the molecule is N#CN=C1NC(=O)/C(=C/c2ccc(OCc3ccccc3)cc2)S1. The first-order valence-corrected chi connectivity index (χ1v) is 8.01. The van der Waals surface area contributed by atoms with Crippen LogP contribution in [0, 0.1) is 11.5 Å². The first kappa shape index (κ1) is 15.8.